The molecule has 6 heteroatoms. The van der Waals surface area contributed by atoms with Crippen molar-refractivity contribution in [2.75, 3.05) is 19.9 Å². The lowest BCUT2D eigenvalue weighted by Crippen LogP contribution is -2.40. The first-order valence-corrected chi connectivity index (χ1v) is 8.77. The van der Waals surface area contributed by atoms with Crippen LogP contribution in [0.1, 0.15) is 42.5 Å². The first-order valence-electron chi connectivity index (χ1n) is 7.55. The van der Waals surface area contributed by atoms with Gasteiger partial charge in [-0.15, -0.1) is 11.8 Å². The molecule has 0 saturated heterocycles. The van der Waals surface area contributed by atoms with Crippen LogP contribution in [-0.4, -0.2) is 47.7 Å². The van der Waals surface area contributed by atoms with Crippen LogP contribution in [0.4, 0.5) is 0 Å². The molecule has 1 aliphatic rings. The van der Waals surface area contributed by atoms with Gasteiger partial charge in [0.1, 0.15) is 5.03 Å². The number of rotatable bonds is 5. The summed E-state index contributed by atoms with van der Waals surface area (Å²) in [6.07, 6.45) is 9.12. The van der Waals surface area contributed by atoms with Crippen molar-refractivity contribution in [1.82, 2.24) is 9.88 Å². The van der Waals surface area contributed by atoms with Gasteiger partial charge in [0, 0.05) is 19.3 Å². The quantitative estimate of drug-likeness (QED) is 0.616. The Morgan fingerprint density at radius 1 is 1.36 bits per heavy atom. The second-order valence-corrected chi connectivity index (χ2v) is 6.23. The van der Waals surface area contributed by atoms with Crippen molar-refractivity contribution >= 4 is 23.6 Å². The van der Waals surface area contributed by atoms with Gasteiger partial charge < -0.3 is 9.64 Å². The number of hydrogen-bond acceptors (Lipinski definition) is 5. The van der Waals surface area contributed by atoms with Crippen LogP contribution < -0.4 is 0 Å². The van der Waals surface area contributed by atoms with Crippen LogP contribution in [0, 0.1) is 0 Å². The summed E-state index contributed by atoms with van der Waals surface area (Å²) in [5, 5.41) is 0.612. The van der Waals surface area contributed by atoms with E-state index in [1.165, 1.54) is 18.2 Å². The predicted molar refractivity (Wildman–Crippen MR) is 85.9 cm³/mol. The van der Waals surface area contributed by atoms with Crippen molar-refractivity contribution in [2.45, 2.75) is 43.2 Å². The van der Waals surface area contributed by atoms with Crippen LogP contribution in [0.3, 0.4) is 0 Å². The Balaban J connectivity index is 1.88. The zero-order chi connectivity index (χ0) is 15.9. The molecule has 2 rings (SSSR count). The minimum Gasteiger partial charge on any atom is -0.452 e. The monoisotopic (exact) mass is 322 g/mol. The zero-order valence-electron chi connectivity index (χ0n) is 13.1. The number of carbonyl (C=O) groups excluding carboxylic acids is 2. The molecule has 0 aromatic carbocycles. The fourth-order valence-corrected chi connectivity index (χ4v) is 3.23. The smallest absolute Gasteiger partial charge is 0.341 e. The van der Waals surface area contributed by atoms with E-state index < -0.39 is 5.97 Å². The molecule has 22 heavy (non-hydrogen) atoms. The maximum Gasteiger partial charge on any atom is 0.341 e. The van der Waals surface area contributed by atoms with Crippen LogP contribution in [0.25, 0.3) is 0 Å². The number of pyridine rings is 1. The highest BCUT2D eigenvalue weighted by Gasteiger charge is 2.23. The van der Waals surface area contributed by atoms with Crippen LogP contribution in [0.2, 0.25) is 0 Å². The van der Waals surface area contributed by atoms with Crippen LogP contribution >= 0.6 is 11.8 Å². The summed E-state index contributed by atoms with van der Waals surface area (Å²) in [5.74, 6) is -0.641. The number of thioether (sulfide) groups is 1. The van der Waals surface area contributed by atoms with E-state index in [0.29, 0.717) is 10.6 Å². The van der Waals surface area contributed by atoms with Gasteiger partial charge in [0.05, 0.1) is 5.56 Å². The van der Waals surface area contributed by atoms with E-state index in [9.17, 15) is 9.59 Å². The Morgan fingerprint density at radius 3 is 2.77 bits per heavy atom. The van der Waals surface area contributed by atoms with Crippen LogP contribution in [0.15, 0.2) is 23.4 Å². The minimum absolute atomic E-state index is 0.144. The Morgan fingerprint density at radius 2 is 2.09 bits per heavy atom. The van der Waals surface area contributed by atoms with Gasteiger partial charge in [-0.1, -0.05) is 19.3 Å². The molecule has 1 saturated carbocycles. The van der Waals surface area contributed by atoms with Gasteiger partial charge in [-0.2, -0.15) is 0 Å². The van der Waals surface area contributed by atoms with Gasteiger partial charge in [-0.3, -0.25) is 4.79 Å². The molecule has 1 aromatic heterocycles. The molecule has 1 amide bonds. The molecule has 0 N–H and O–H groups in total. The Labute approximate surface area is 135 Å². The number of carbonyl (C=O) groups is 2. The van der Waals surface area contributed by atoms with E-state index >= 15 is 0 Å². The largest absolute Gasteiger partial charge is 0.452 e. The average Bonchev–Trinajstić information content (AvgIpc) is 2.59. The number of likely N-dealkylation sites (N-methyl/N-ethyl adjacent to an activating group) is 1. The summed E-state index contributed by atoms with van der Waals surface area (Å²) >= 11 is 1.38. The molecule has 0 spiro atoms. The van der Waals surface area contributed by atoms with Gasteiger partial charge in [0.2, 0.25) is 0 Å². The zero-order valence-corrected chi connectivity index (χ0v) is 13.9. The number of hydrogen-bond donors (Lipinski definition) is 0. The minimum atomic E-state index is -0.497. The van der Waals surface area contributed by atoms with Gasteiger partial charge in [0.25, 0.3) is 5.91 Å². The van der Waals surface area contributed by atoms with E-state index in [-0.39, 0.29) is 18.6 Å². The molecule has 0 unspecified atom stereocenters. The first kappa shape index (κ1) is 16.8. The molecule has 1 heterocycles. The highest BCUT2D eigenvalue weighted by atomic mass is 32.2. The fourth-order valence-electron chi connectivity index (χ4n) is 2.69. The molecule has 1 fully saturated rings. The van der Waals surface area contributed by atoms with Gasteiger partial charge >= 0.3 is 5.97 Å². The molecule has 1 aliphatic carbocycles. The van der Waals surface area contributed by atoms with Crippen molar-refractivity contribution in [1.29, 1.82) is 0 Å². The summed E-state index contributed by atoms with van der Waals surface area (Å²) in [6.45, 7) is -0.214. The summed E-state index contributed by atoms with van der Waals surface area (Å²) in [4.78, 5) is 30.1. The third kappa shape index (κ3) is 4.22. The lowest BCUT2D eigenvalue weighted by atomic mass is 9.94. The van der Waals surface area contributed by atoms with Crippen molar-refractivity contribution in [3.05, 3.63) is 23.9 Å². The first-order chi connectivity index (χ1) is 10.6. The third-order valence-electron chi connectivity index (χ3n) is 4.03. The van der Waals surface area contributed by atoms with E-state index in [1.807, 2.05) is 6.26 Å². The van der Waals surface area contributed by atoms with Crippen molar-refractivity contribution in [2.24, 2.45) is 0 Å². The molecule has 0 bridgehead atoms. The van der Waals surface area contributed by atoms with E-state index in [1.54, 1.807) is 30.3 Å². The Bertz CT molecular complexity index is 530. The Kier molecular flexibility index (Phi) is 6.24. The predicted octanol–water partition coefficient (Wildman–Crippen LogP) is 2.75. The molecule has 5 nitrogen and oxygen atoms in total. The number of ether oxygens (including phenoxy) is 1. The molecule has 1 aromatic rings. The number of amides is 1. The maximum atomic E-state index is 12.2. The Hall–Kier alpha value is -1.56. The topological polar surface area (TPSA) is 59.5 Å². The second kappa shape index (κ2) is 8.17. The lowest BCUT2D eigenvalue weighted by molar-refractivity contribution is -0.135. The summed E-state index contributed by atoms with van der Waals surface area (Å²) < 4.78 is 5.16. The summed E-state index contributed by atoms with van der Waals surface area (Å²) in [5.41, 5.74) is 0.406. The molecule has 0 atom stereocenters. The number of aromatic nitrogens is 1. The van der Waals surface area contributed by atoms with E-state index in [0.717, 1.165) is 25.7 Å². The summed E-state index contributed by atoms with van der Waals surface area (Å²) in [6, 6.07) is 3.63. The average molecular weight is 322 g/mol. The standard InChI is InChI=1S/C16H22N2O3S/c1-18(12-7-4-3-5-8-12)14(19)11-21-16(20)13-9-6-10-17-15(13)22-2/h6,9-10,12H,3-5,7-8,11H2,1-2H3. The third-order valence-corrected chi connectivity index (χ3v) is 4.74. The van der Waals surface area contributed by atoms with Crippen LogP contribution in [0.5, 0.6) is 0 Å². The second-order valence-electron chi connectivity index (χ2n) is 5.43. The number of esters is 1. The van der Waals surface area contributed by atoms with Crippen LogP contribution in [-0.2, 0) is 9.53 Å². The highest BCUT2D eigenvalue weighted by Crippen LogP contribution is 2.22. The maximum absolute atomic E-state index is 12.2. The van der Waals surface area contributed by atoms with E-state index in [4.69, 9.17) is 4.74 Å². The number of nitrogens with zero attached hydrogens (tertiary/aromatic N) is 2. The summed E-state index contributed by atoms with van der Waals surface area (Å²) in [7, 11) is 1.80. The van der Waals surface area contributed by atoms with Gasteiger partial charge in [-0.25, -0.2) is 9.78 Å². The fraction of sp³-hybridized carbons (Fsp3) is 0.562. The van der Waals surface area contributed by atoms with Crippen molar-refractivity contribution in [3.63, 3.8) is 0 Å². The highest BCUT2D eigenvalue weighted by molar-refractivity contribution is 7.98. The molecular formula is C16H22N2O3S. The van der Waals surface area contributed by atoms with Crippen molar-refractivity contribution in [3.8, 4) is 0 Å². The van der Waals surface area contributed by atoms with Gasteiger partial charge in [-0.05, 0) is 31.2 Å². The van der Waals surface area contributed by atoms with Gasteiger partial charge in [0.15, 0.2) is 6.61 Å². The molecule has 0 aliphatic heterocycles. The normalized spacial score (nSPS) is 15.4. The molecule has 120 valence electrons. The molecular weight excluding hydrogens is 300 g/mol. The molecule has 0 radical (unpaired) electrons. The van der Waals surface area contributed by atoms with Crippen molar-refractivity contribution < 1.29 is 14.3 Å². The lowest BCUT2D eigenvalue weighted by Gasteiger charge is -2.31. The van der Waals surface area contributed by atoms with E-state index in [2.05, 4.69) is 4.98 Å². The SMILES string of the molecule is CSc1ncccc1C(=O)OCC(=O)N(C)C1CCCCC1.